The summed E-state index contributed by atoms with van der Waals surface area (Å²) in [6.07, 6.45) is 2.04. The van der Waals surface area contributed by atoms with Crippen LogP contribution in [-0.2, 0) is 6.42 Å². The van der Waals surface area contributed by atoms with Crippen molar-refractivity contribution in [2.45, 2.75) is 45.6 Å². The van der Waals surface area contributed by atoms with Gasteiger partial charge in [0, 0.05) is 6.04 Å². The molecule has 2 heteroatoms. The molecule has 0 bridgehead atoms. The van der Waals surface area contributed by atoms with Gasteiger partial charge < -0.3 is 5.73 Å². The molecule has 1 unspecified atom stereocenters. The Morgan fingerprint density at radius 3 is 2.07 bits per heavy atom. The molecule has 0 fully saturated rings. The van der Waals surface area contributed by atoms with Crippen molar-refractivity contribution in [3.05, 3.63) is 35.4 Å². The maximum absolute atomic E-state index is 5.90. The first-order chi connectivity index (χ1) is 6.63. The predicted molar refractivity (Wildman–Crippen MR) is 69.7 cm³/mol. The summed E-state index contributed by atoms with van der Waals surface area (Å²) in [5.74, 6) is 0.615. The third kappa shape index (κ3) is 4.67. The maximum atomic E-state index is 5.90. The van der Waals surface area contributed by atoms with Crippen LogP contribution in [0.2, 0.25) is 0 Å². The van der Waals surface area contributed by atoms with Gasteiger partial charge in [0.25, 0.3) is 0 Å². The lowest BCUT2D eigenvalue weighted by Crippen LogP contribution is -2.21. The summed E-state index contributed by atoms with van der Waals surface area (Å²) in [7, 11) is 0. The van der Waals surface area contributed by atoms with Crippen LogP contribution in [0, 0.1) is 0 Å². The van der Waals surface area contributed by atoms with Crippen molar-refractivity contribution in [3.63, 3.8) is 0 Å². The van der Waals surface area contributed by atoms with E-state index >= 15 is 0 Å². The number of nitrogens with two attached hydrogens (primary N) is 1. The third-order valence-corrected chi connectivity index (χ3v) is 2.67. The summed E-state index contributed by atoms with van der Waals surface area (Å²) in [4.78, 5) is 0. The van der Waals surface area contributed by atoms with Gasteiger partial charge in [-0.3, -0.25) is 0 Å². The Morgan fingerprint density at radius 1 is 1.13 bits per heavy atom. The molecule has 0 aliphatic rings. The molecule has 2 N–H and O–H groups in total. The van der Waals surface area contributed by atoms with E-state index in [-0.39, 0.29) is 12.4 Å². The standard InChI is InChI=1S/C13H21N.ClH/c1-4-13(14)9-11-5-7-12(8-6-11)10(2)3;/h5-8,10,13H,4,9,14H2,1-3H3;1H. The molecule has 1 nitrogen and oxygen atoms in total. The van der Waals surface area contributed by atoms with Gasteiger partial charge in [-0.15, -0.1) is 12.4 Å². The summed E-state index contributed by atoms with van der Waals surface area (Å²) >= 11 is 0. The first-order valence-electron chi connectivity index (χ1n) is 5.48. The Morgan fingerprint density at radius 2 is 1.67 bits per heavy atom. The lowest BCUT2D eigenvalue weighted by Gasteiger charge is -2.10. The molecule has 0 aliphatic carbocycles. The van der Waals surface area contributed by atoms with Gasteiger partial charge in [0.05, 0.1) is 0 Å². The normalized spacial score (nSPS) is 12.3. The van der Waals surface area contributed by atoms with Crippen molar-refractivity contribution < 1.29 is 0 Å². The fraction of sp³-hybridized carbons (Fsp3) is 0.538. The average Bonchev–Trinajstić information content (AvgIpc) is 2.18. The van der Waals surface area contributed by atoms with E-state index in [2.05, 4.69) is 45.0 Å². The second-order valence-electron chi connectivity index (χ2n) is 4.27. The summed E-state index contributed by atoms with van der Waals surface area (Å²) in [5.41, 5.74) is 8.66. The Hall–Kier alpha value is -0.530. The zero-order valence-corrected chi connectivity index (χ0v) is 10.7. The van der Waals surface area contributed by atoms with Crippen LogP contribution >= 0.6 is 12.4 Å². The minimum Gasteiger partial charge on any atom is -0.327 e. The van der Waals surface area contributed by atoms with E-state index in [9.17, 15) is 0 Å². The molecule has 0 amide bonds. The molecule has 0 saturated carbocycles. The summed E-state index contributed by atoms with van der Waals surface area (Å²) < 4.78 is 0. The molecular weight excluding hydrogens is 206 g/mol. The summed E-state index contributed by atoms with van der Waals surface area (Å²) in [6, 6.07) is 9.13. The number of benzene rings is 1. The molecule has 15 heavy (non-hydrogen) atoms. The van der Waals surface area contributed by atoms with Gasteiger partial charge in [0.15, 0.2) is 0 Å². The monoisotopic (exact) mass is 227 g/mol. The number of rotatable bonds is 4. The van der Waals surface area contributed by atoms with Gasteiger partial charge in [-0.05, 0) is 29.9 Å². The van der Waals surface area contributed by atoms with Crippen LogP contribution in [0.3, 0.4) is 0 Å². The molecule has 1 aromatic carbocycles. The van der Waals surface area contributed by atoms with E-state index in [1.807, 2.05) is 0 Å². The van der Waals surface area contributed by atoms with E-state index in [1.54, 1.807) is 0 Å². The third-order valence-electron chi connectivity index (χ3n) is 2.67. The van der Waals surface area contributed by atoms with Crippen molar-refractivity contribution in [1.29, 1.82) is 0 Å². The SMILES string of the molecule is CCC(N)Cc1ccc(C(C)C)cc1.Cl. The molecule has 86 valence electrons. The lowest BCUT2D eigenvalue weighted by atomic mass is 9.99. The predicted octanol–water partition coefficient (Wildman–Crippen LogP) is 3.51. The highest BCUT2D eigenvalue weighted by Crippen LogP contribution is 2.15. The highest BCUT2D eigenvalue weighted by molar-refractivity contribution is 5.85. The van der Waals surface area contributed by atoms with Gasteiger partial charge in [0.1, 0.15) is 0 Å². The van der Waals surface area contributed by atoms with E-state index in [0.29, 0.717) is 12.0 Å². The first-order valence-corrected chi connectivity index (χ1v) is 5.48. The molecule has 0 aliphatic heterocycles. The van der Waals surface area contributed by atoms with Crippen LogP contribution < -0.4 is 5.73 Å². The first kappa shape index (κ1) is 14.5. The zero-order chi connectivity index (χ0) is 10.6. The molecule has 0 heterocycles. The summed E-state index contributed by atoms with van der Waals surface area (Å²) in [5, 5.41) is 0. The zero-order valence-electron chi connectivity index (χ0n) is 9.86. The van der Waals surface area contributed by atoms with Crippen molar-refractivity contribution in [3.8, 4) is 0 Å². The van der Waals surface area contributed by atoms with E-state index in [4.69, 9.17) is 5.73 Å². The van der Waals surface area contributed by atoms with E-state index < -0.39 is 0 Å². The smallest absolute Gasteiger partial charge is 0.00766 e. The Labute approximate surface area is 99.5 Å². The van der Waals surface area contributed by atoms with Crippen LogP contribution in [0.15, 0.2) is 24.3 Å². The molecule has 0 spiro atoms. The molecule has 0 radical (unpaired) electrons. The van der Waals surface area contributed by atoms with Crippen LogP contribution in [0.1, 0.15) is 44.2 Å². The topological polar surface area (TPSA) is 26.0 Å². The minimum absolute atomic E-state index is 0. The van der Waals surface area contributed by atoms with Gasteiger partial charge in [-0.1, -0.05) is 45.0 Å². The van der Waals surface area contributed by atoms with Gasteiger partial charge in [-0.25, -0.2) is 0 Å². The molecule has 1 atom stereocenters. The van der Waals surface area contributed by atoms with Crippen molar-refractivity contribution in [2.75, 3.05) is 0 Å². The average molecular weight is 228 g/mol. The molecule has 0 saturated heterocycles. The van der Waals surface area contributed by atoms with Crippen molar-refractivity contribution >= 4 is 12.4 Å². The summed E-state index contributed by atoms with van der Waals surface area (Å²) in [6.45, 7) is 6.56. The molecule has 1 rings (SSSR count). The Bertz CT molecular complexity index is 266. The Kier molecular flexibility index (Phi) is 6.62. The highest BCUT2D eigenvalue weighted by atomic mass is 35.5. The van der Waals surface area contributed by atoms with Crippen LogP contribution in [0.4, 0.5) is 0 Å². The Balaban J connectivity index is 0.00000196. The highest BCUT2D eigenvalue weighted by Gasteiger charge is 2.02. The number of hydrogen-bond acceptors (Lipinski definition) is 1. The minimum atomic E-state index is 0. The van der Waals surface area contributed by atoms with E-state index in [0.717, 1.165) is 12.8 Å². The molecular formula is C13H22ClN. The number of halogens is 1. The van der Waals surface area contributed by atoms with Crippen LogP contribution in [0.5, 0.6) is 0 Å². The maximum Gasteiger partial charge on any atom is 0.00766 e. The molecule has 1 aromatic rings. The number of hydrogen-bond donors (Lipinski definition) is 1. The van der Waals surface area contributed by atoms with Crippen molar-refractivity contribution in [2.24, 2.45) is 5.73 Å². The lowest BCUT2D eigenvalue weighted by molar-refractivity contribution is 0.646. The molecule has 0 aromatic heterocycles. The fourth-order valence-electron chi connectivity index (χ4n) is 1.49. The van der Waals surface area contributed by atoms with Gasteiger partial charge >= 0.3 is 0 Å². The van der Waals surface area contributed by atoms with Crippen molar-refractivity contribution in [1.82, 2.24) is 0 Å². The van der Waals surface area contributed by atoms with Crippen LogP contribution in [-0.4, -0.2) is 6.04 Å². The van der Waals surface area contributed by atoms with Gasteiger partial charge in [-0.2, -0.15) is 0 Å². The second kappa shape index (κ2) is 6.86. The van der Waals surface area contributed by atoms with Crippen LogP contribution in [0.25, 0.3) is 0 Å². The van der Waals surface area contributed by atoms with Gasteiger partial charge in [0.2, 0.25) is 0 Å². The fourth-order valence-corrected chi connectivity index (χ4v) is 1.49. The quantitative estimate of drug-likeness (QED) is 0.837. The van der Waals surface area contributed by atoms with E-state index in [1.165, 1.54) is 11.1 Å². The largest absolute Gasteiger partial charge is 0.327 e. The second-order valence-corrected chi connectivity index (χ2v) is 4.27.